The van der Waals surface area contributed by atoms with Gasteiger partial charge in [-0.25, -0.2) is 9.97 Å². The maximum Gasteiger partial charge on any atom is 0.235 e. The van der Waals surface area contributed by atoms with Gasteiger partial charge in [-0.1, -0.05) is 117 Å². The summed E-state index contributed by atoms with van der Waals surface area (Å²) in [5, 5.41) is 8.18. The summed E-state index contributed by atoms with van der Waals surface area (Å²) in [4.78, 5) is 10.9. The van der Waals surface area contributed by atoms with Crippen molar-refractivity contribution in [2.75, 3.05) is 0 Å². The fourth-order valence-corrected chi connectivity index (χ4v) is 8.66. The Bertz CT molecular complexity index is 3030. The van der Waals surface area contributed by atoms with E-state index in [9.17, 15) is 0 Å². The van der Waals surface area contributed by atoms with Crippen molar-refractivity contribution in [1.29, 1.82) is 0 Å². The third kappa shape index (κ3) is 3.47. The van der Waals surface area contributed by atoms with E-state index in [1.165, 1.54) is 49.3 Å². The van der Waals surface area contributed by atoms with Crippen LogP contribution in [0.3, 0.4) is 0 Å². The van der Waals surface area contributed by atoms with Gasteiger partial charge in [-0.05, 0) is 69.4 Å². The lowest BCUT2D eigenvalue weighted by molar-refractivity contribution is 0.664. The molecule has 0 aliphatic heterocycles. The lowest BCUT2D eigenvalue weighted by Gasteiger charge is -2.24. The van der Waals surface area contributed by atoms with Crippen LogP contribution in [0.1, 0.15) is 25.0 Å². The second-order valence-corrected chi connectivity index (χ2v) is 13.7. The summed E-state index contributed by atoms with van der Waals surface area (Å²) in [7, 11) is 0. The quantitative estimate of drug-likeness (QED) is 0.192. The molecule has 0 spiro atoms. The zero-order valence-corrected chi connectivity index (χ0v) is 27.0. The van der Waals surface area contributed by atoms with E-state index < -0.39 is 0 Å². The second-order valence-electron chi connectivity index (χ2n) is 13.7. The monoisotopic (exact) mass is 627 g/mol. The first-order valence-electron chi connectivity index (χ1n) is 16.8. The summed E-state index contributed by atoms with van der Waals surface area (Å²) in [6.07, 6.45) is 0. The van der Waals surface area contributed by atoms with Crippen LogP contribution in [0, 0.1) is 0 Å². The summed E-state index contributed by atoms with van der Waals surface area (Å²) in [5.41, 5.74) is 11.9. The molecule has 10 aromatic rings. The molecule has 0 saturated heterocycles. The predicted octanol–water partition coefficient (Wildman–Crippen LogP) is 11.8. The number of rotatable bonds is 2. The summed E-state index contributed by atoms with van der Waals surface area (Å²) in [6, 6.07) is 49.5. The molecule has 0 atom stereocenters. The van der Waals surface area contributed by atoms with E-state index in [0.29, 0.717) is 5.95 Å². The SMILES string of the molecule is CC1(C)c2ccccc2-c2c1c1c(c3ccccc23)c2ccccc2n1-c1nc(-c2ccc3oc4ccccc4c3c2)c2ccccc2n1. The molecule has 230 valence electrons. The van der Waals surface area contributed by atoms with E-state index >= 15 is 0 Å². The van der Waals surface area contributed by atoms with Crippen LogP contribution in [0.15, 0.2) is 144 Å². The van der Waals surface area contributed by atoms with Crippen molar-refractivity contribution in [3.05, 3.63) is 151 Å². The summed E-state index contributed by atoms with van der Waals surface area (Å²) in [5.74, 6) is 0.668. The van der Waals surface area contributed by atoms with Gasteiger partial charge in [0.25, 0.3) is 0 Å². The molecule has 3 heterocycles. The minimum atomic E-state index is -0.243. The second kappa shape index (κ2) is 9.42. The van der Waals surface area contributed by atoms with Gasteiger partial charge in [0.1, 0.15) is 11.2 Å². The third-order valence-corrected chi connectivity index (χ3v) is 10.8. The molecular formula is C45H29N3O. The van der Waals surface area contributed by atoms with Crippen molar-refractivity contribution in [1.82, 2.24) is 14.5 Å². The van der Waals surface area contributed by atoms with Crippen molar-refractivity contribution in [2.24, 2.45) is 0 Å². The Balaban J connectivity index is 1.30. The highest BCUT2D eigenvalue weighted by atomic mass is 16.3. The van der Waals surface area contributed by atoms with E-state index in [1.54, 1.807) is 0 Å². The van der Waals surface area contributed by atoms with Crippen molar-refractivity contribution >= 4 is 65.4 Å². The highest BCUT2D eigenvalue weighted by molar-refractivity contribution is 6.27. The first kappa shape index (κ1) is 26.8. The van der Waals surface area contributed by atoms with Crippen molar-refractivity contribution in [3.63, 3.8) is 0 Å². The largest absolute Gasteiger partial charge is 0.456 e. The maximum atomic E-state index is 6.20. The molecule has 0 bridgehead atoms. The van der Waals surface area contributed by atoms with Crippen molar-refractivity contribution in [2.45, 2.75) is 19.3 Å². The van der Waals surface area contributed by atoms with Gasteiger partial charge in [0, 0.05) is 37.9 Å². The maximum absolute atomic E-state index is 6.20. The Kier molecular flexibility index (Phi) is 5.15. The topological polar surface area (TPSA) is 43.9 Å². The van der Waals surface area contributed by atoms with Gasteiger partial charge >= 0.3 is 0 Å². The molecular weight excluding hydrogens is 599 g/mol. The predicted molar refractivity (Wildman–Crippen MR) is 202 cm³/mol. The van der Waals surface area contributed by atoms with Gasteiger partial charge in [0.05, 0.1) is 22.2 Å². The third-order valence-electron chi connectivity index (χ3n) is 10.8. The normalized spacial score (nSPS) is 13.7. The molecule has 0 amide bonds. The molecule has 11 rings (SSSR count). The molecule has 0 radical (unpaired) electrons. The summed E-state index contributed by atoms with van der Waals surface area (Å²) >= 11 is 0. The number of aromatic nitrogens is 3. The number of hydrogen-bond donors (Lipinski definition) is 0. The molecule has 3 aromatic heterocycles. The molecule has 1 aliphatic carbocycles. The molecule has 0 fully saturated rings. The van der Waals surface area contributed by atoms with Gasteiger partial charge in [-0.15, -0.1) is 0 Å². The number of fused-ring (bicyclic) bond motifs is 14. The number of para-hydroxylation sites is 3. The zero-order chi connectivity index (χ0) is 32.4. The first-order valence-corrected chi connectivity index (χ1v) is 16.8. The van der Waals surface area contributed by atoms with Crippen molar-refractivity contribution in [3.8, 4) is 28.3 Å². The van der Waals surface area contributed by atoms with E-state index in [-0.39, 0.29) is 5.41 Å². The number of furan rings is 1. The minimum Gasteiger partial charge on any atom is -0.456 e. The molecule has 0 unspecified atom stereocenters. The highest BCUT2D eigenvalue weighted by Crippen LogP contribution is 2.56. The van der Waals surface area contributed by atoms with Crippen LogP contribution in [0.4, 0.5) is 0 Å². The molecule has 4 heteroatoms. The first-order chi connectivity index (χ1) is 24.1. The van der Waals surface area contributed by atoms with E-state index in [2.05, 4.69) is 146 Å². The van der Waals surface area contributed by atoms with E-state index in [1.807, 2.05) is 12.1 Å². The van der Waals surface area contributed by atoms with Crippen molar-refractivity contribution < 1.29 is 4.42 Å². The highest BCUT2D eigenvalue weighted by Gasteiger charge is 2.40. The van der Waals surface area contributed by atoms with E-state index in [4.69, 9.17) is 14.4 Å². The van der Waals surface area contributed by atoms with Crippen LogP contribution < -0.4 is 0 Å². The molecule has 4 nitrogen and oxygen atoms in total. The Morgan fingerprint density at radius 1 is 0.571 bits per heavy atom. The number of nitrogens with zero attached hydrogens (tertiary/aromatic N) is 3. The van der Waals surface area contributed by atoms with Gasteiger partial charge in [-0.3, -0.25) is 4.57 Å². The average Bonchev–Trinajstić information content (AvgIpc) is 3.77. The van der Waals surface area contributed by atoms with E-state index in [0.717, 1.165) is 49.6 Å². The molecule has 7 aromatic carbocycles. The summed E-state index contributed by atoms with van der Waals surface area (Å²) < 4.78 is 8.54. The Morgan fingerprint density at radius 3 is 2.12 bits per heavy atom. The van der Waals surface area contributed by atoms with Crippen LogP contribution in [-0.2, 0) is 5.41 Å². The van der Waals surface area contributed by atoms with Crippen LogP contribution in [0.2, 0.25) is 0 Å². The fraction of sp³-hybridized carbons (Fsp3) is 0.0667. The van der Waals surface area contributed by atoms with Crippen LogP contribution in [0.25, 0.3) is 93.8 Å². The Labute approximate surface area is 281 Å². The average molecular weight is 628 g/mol. The van der Waals surface area contributed by atoms with Crippen LogP contribution in [0.5, 0.6) is 0 Å². The molecule has 1 aliphatic rings. The number of hydrogen-bond acceptors (Lipinski definition) is 3. The fourth-order valence-electron chi connectivity index (χ4n) is 8.66. The smallest absolute Gasteiger partial charge is 0.235 e. The molecule has 0 saturated carbocycles. The zero-order valence-electron chi connectivity index (χ0n) is 27.0. The van der Waals surface area contributed by atoms with Gasteiger partial charge < -0.3 is 4.42 Å². The van der Waals surface area contributed by atoms with Gasteiger partial charge in [0.15, 0.2) is 0 Å². The lowest BCUT2D eigenvalue weighted by Crippen LogP contribution is -2.17. The van der Waals surface area contributed by atoms with Crippen LogP contribution in [-0.4, -0.2) is 14.5 Å². The standard InChI is InChI=1S/C45H29N3O/c1-45(2)34-19-9-5-16-30(34)39-28-14-3-4-15-29(28)40-32-18-7-11-21-36(32)48(43(40)41(39)45)44-46-35-20-10-6-17-31(35)42(47-44)26-23-24-38-33(25-26)27-13-8-12-22-37(27)49-38/h3-25H,1-2H3. The Hall–Kier alpha value is -6.26. The number of benzene rings is 7. The lowest BCUT2D eigenvalue weighted by atomic mass is 9.80. The van der Waals surface area contributed by atoms with Crippen LogP contribution >= 0.6 is 0 Å². The summed E-state index contributed by atoms with van der Waals surface area (Å²) in [6.45, 7) is 4.73. The minimum absolute atomic E-state index is 0.243. The van der Waals surface area contributed by atoms with Gasteiger partial charge in [-0.2, -0.15) is 0 Å². The molecule has 49 heavy (non-hydrogen) atoms. The Morgan fingerprint density at radius 2 is 1.24 bits per heavy atom. The van der Waals surface area contributed by atoms with Gasteiger partial charge in [0.2, 0.25) is 5.95 Å². The molecule has 0 N–H and O–H groups in total.